The lowest BCUT2D eigenvalue weighted by atomic mass is 10.2. The quantitative estimate of drug-likeness (QED) is 0.908. The minimum Gasteiger partial charge on any atom is -0.480 e. The Bertz CT molecular complexity index is 418. The molecule has 1 N–H and O–H groups in total. The molecule has 17 heavy (non-hydrogen) atoms. The molecule has 0 radical (unpaired) electrons. The van der Waals surface area contributed by atoms with Gasteiger partial charge in [-0.1, -0.05) is 0 Å². The number of carbonyl (C=O) groups is 2. The van der Waals surface area contributed by atoms with E-state index in [4.69, 9.17) is 5.11 Å². The summed E-state index contributed by atoms with van der Waals surface area (Å²) < 4.78 is 0. The molecule has 2 rings (SSSR count). The first-order chi connectivity index (χ1) is 8.09. The van der Waals surface area contributed by atoms with E-state index < -0.39 is 12.0 Å². The molecule has 2 unspecified atom stereocenters. The summed E-state index contributed by atoms with van der Waals surface area (Å²) in [6.45, 7) is 1.87. The lowest BCUT2D eigenvalue weighted by Crippen LogP contribution is -2.45. The first kappa shape index (κ1) is 12.4. The number of aliphatic carboxylic acids is 1. The minimum atomic E-state index is -0.916. The molecule has 0 bridgehead atoms. The fraction of sp³-hybridized carbons (Fsp3) is 0.455. The van der Waals surface area contributed by atoms with Crippen molar-refractivity contribution >= 4 is 35.0 Å². The second-order valence-electron chi connectivity index (χ2n) is 3.90. The van der Waals surface area contributed by atoms with Crippen LogP contribution in [0.2, 0.25) is 0 Å². The molecule has 1 amide bonds. The molecule has 1 aliphatic heterocycles. The molecule has 0 spiro atoms. The molecule has 1 aromatic rings. The van der Waals surface area contributed by atoms with Gasteiger partial charge in [-0.2, -0.15) is 11.3 Å². The van der Waals surface area contributed by atoms with Crippen molar-refractivity contribution in [3.8, 4) is 0 Å². The number of hydrogen-bond acceptors (Lipinski definition) is 4. The van der Waals surface area contributed by atoms with Crippen molar-refractivity contribution in [2.24, 2.45) is 0 Å². The Morgan fingerprint density at radius 1 is 1.59 bits per heavy atom. The molecule has 2 heterocycles. The van der Waals surface area contributed by atoms with E-state index in [2.05, 4.69) is 0 Å². The van der Waals surface area contributed by atoms with Crippen molar-refractivity contribution in [1.29, 1.82) is 0 Å². The molecule has 0 aliphatic carbocycles. The summed E-state index contributed by atoms with van der Waals surface area (Å²) in [5, 5.41) is 12.9. The predicted octanol–water partition coefficient (Wildman–Crippen LogP) is 1.67. The molecule has 0 aromatic carbocycles. The highest BCUT2D eigenvalue weighted by Gasteiger charge is 2.39. The van der Waals surface area contributed by atoms with E-state index in [1.165, 1.54) is 28.0 Å². The zero-order valence-corrected chi connectivity index (χ0v) is 11.0. The molecular formula is C11H13NO3S2. The summed E-state index contributed by atoms with van der Waals surface area (Å²) >= 11 is 3.05. The van der Waals surface area contributed by atoms with Gasteiger partial charge in [0.05, 0.1) is 11.8 Å². The normalized spacial score (nSPS) is 23.9. The summed E-state index contributed by atoms with van der Waals surface area (Å²) in [5.74, 6) is -0.542. The fourth-order valence-corrected chi connectivity index (χ4v) is 3.73. The number of hydrogen-bond donors (Lipinski definition) is 1. The largest absolute Gasteiger partial charge is 0.480 e. The van der Waals surface area contributed by atoms with E-state index in [0.29, 0.717) is 5.75 Å². The summed E-state index contributed by atoms with van der Waals surface area (Å²) in [6, 6.07) is 1.22. The molecule has 1 saturated heterocycles. The van der Waals surface area contributed by atoms with Crippen LogP contribution in [0.3, 0.4) is 0 Å². The third-order valence-electron chi connectivity index (χ3n) is 2.73. The highest BCUT2D eigenvalue weighted by Crippen LogP contribution is 2.29. The smallest absolute Gasteiger partial charge is 0.327 e. The van der Waals surface area contributed by atoms with Crippen molar-refractivity contribution in [1.82, 2.24) is 4.90 Å². The van der Waals surface area contributed by atoms with E-state index in [-0.39, 0.29) is 17.7 Å². The molecular weight excluding hydrogens is 258 g/mol. The van der Waals surface area contributed by atoms with Crippen LogP contribution in [0.1, 0.15) is 12.5 Å². The van der Waals surface area contributed by atoms with Crippen molar-refractivity contribution in [2.45, 2.75) is 24.8 Å². The van der Waals surface area contributed by atoms with E-state index in [1.807, 2.05) is 23.8 Å². The van der Waals surface area contributed by atoms with Crippen LogP contribution in [-0.4, -0.2) is 39.1 Å². The van der Waals surface area contributed by atoms with Crippen LogP contribution in [0.5, 0.6) is 0 Å². The van der Waals surface area contributed by atoms with E-state index in [9.17, 15) is 9.59 Å². The fourth-order valence-electron chi connectivity index (χ4n) is 1.87. The monoisotopic (exact) mass is 271 g/mol. The Hall–Kier alpha value is -1.01. The van der Waals surface area contributed by atoms with Crippen LogP contribution in [0.15, 0.2) is 16.8 Å². The van der Waals surface area contributed by atoms with Crippen molar-refractivity contribution in [2.75, 3.05) is 5.75 Å². The van der Waals surface area contributed by atoms with Gasteiger partial charge in [0.1, 0.15) is 6.04 Å². The van der Waals surface area contributed by atoms with Crippen LogP contribution in [0, 0.1) is 0 Å². The highest BCUT2D eigenvalue weighted by molar-refractivity contribution is 8.00. The number of amides is 1. The van der Waals surface area contributed by atoms with Crippen LogP contribution < -0.4 is 0 Å². The maximum atomic E-state index is 12.1. The van der Waals surface area contributed by atoms with Gasteiger partial charge in [0.2, 0.25) is 5.91 Å². The highest BCUT2D eigenvalue weighted by atomic mass is 32.2. The van der Waals surface area contributed by atoms with Crippen LogP contribution in [0.4, 0.5) is 0 Å². The summed E-state index contributed by atoms with van der Waals surface area (Å²) in [7, 11) is 0. The Labute approximate surface area is 108 Å². The number of nitrogens with zero attached hydrogens (tertiary/aromatic N) is 1. The van der Waals surface area contributed by atoms with Crippen molar-refractivity contribution in [3.05, 3.63) is 22.4 Å². The molecule has 92 valence electrons. The van der Waals surface area contributed by atoms with E-state index in [0.717, 1.165) is 5.56 Å². The zero-order chi connectivity index (χ0) is 12.4. The Balaban J connectivity index is 2.09. The maximum Gasteiger partial charge on any atom is 0.327 e. The number of thioether (sulfide) groups is 1. The first-order valence-corrected chi connectivity index (χ1v) is 7.25. The molecule has 1 aliphatic rings. The van der Waals surface area contributed by atoms with Gasteiger partial charge in [-0.15, -0.1) is 11.8 Å². The van der Waals surface area contributed by atoms with Crippen LogP contribution >= 0.6 is 23.1 Å². The van der Waals surface area contributed by atoms with Crippen LogP contribution in [-0.2, 0) is 16.0 Å². The molecule has 0 saturated carbocycles. The van der Waals surface area contributed by atoms with Crippen molar-refractivity contribution in [3.63, 3.8) is 0 Å². The second-order valence-corrected chi connectivity index (χ2v) is 6.02. The third kappa shape index (κ3) is 2.63. The SMILES string of the molecule is CC1SCC(C(=O)O)N1C(=O)Cc1ccsc1. The number of rotatable bonds is 3. The van der Waals surface area contributed by atoms with Crippen LogP contribution in [0.25, 0.3) is 0 Å². The van der Waals surface area contributed by atoms with Gasteiger partial charge in [0, 0.05) is 5.75 Å². The van der Waals surface area contributed by atoms with Crippen molar-refractivity contribution < 1.29 is 14.7 Å². The first-order valence-electron chi connectivity index (χ1n) is 5.26. The average molecular weight is 271 g/mol. The number of carbonyl (C=O) groups excluding carboxylic acids is 1. The standard InChI is InChI=1S/C11H13NO3S2/c1-7-12(9(6-17-7)11(14)15)10(13)4-8-2-3-16-5-8/h2-3,5,7,9H,4,6H2,1H3,(H,14,15). The van der Waals surface area contributed by atoms with Gasteiger partial charge in [-0.05, 0) is 29.3 Å². The number of carboxylic acids is 1. The topological polar surface area (TPSA) is 57.6 Å². The maximum absolute atomic E-state index is 12.1. The van der Waals surface area contributed by atoms with Gasteiger partial charge >= 0.3 is 5.97 Å². The predicted molar refractivity (Wildman–Crippen MR) is 68.2 cm³/mol. The summed E-state index contributed by atoms with van der Waals surface area (Å²) in [6.07, 6.45) is 0.290. The molecule has 2 atom stereocenters. The molecule has 1 aromatic heterocycles. The summed E-state index contributed by atoms with van der Waals surface area (Å²) in [5.41, 5.74) is 0.952. The lowest BCUT2D eigenvalue weighted by Gasteiger charge is -2.24. The third-order valence-corrected chi connectivity index (χ3v) is 4.68. The van der Waals surface area contributed by atoms with Gasteiger partial charge in [0.25, 0.3) is 0 Å². The molecule has 1 fully saturated rings. The van der Waals surface area contributed by atoms with E-state index >= 15 is 0 Å². The van der Waals surface area contributed by atoms with Gasteiger partial charge in [-0.25, -0.2) is 4.79 Å². The van der Waals surface area contributed by atoms with Gasteiger partial charge in [0.15, 0.2) is 0 Å². The Morgan fingerprint density at radius 2 is 2.35 bits per heavy atom. The average Bonchev–Trinajstić information content (AvgIpc) is 2.86. The second kappa shape index (κ2) is 5.10. The van der Waals surface area contributed by atoms with Gasteiger partial charge in [-0.3, -0.25) is 4.79 Å². The minimum absolute atomic E-state index is 0.0535. The Kier molecular flexibility index (Phi) is 3.73. The number of thiophene rings is 1. The van der Waals surface area contributed by atoms with E-state index in [1.54, 1.807) is 0 Å². The lowest BCUT2D eigenvalue weighted by molar-refractivity contribution is -0.148. The summed E-state index contributed by atoms with van der Waals surface area (Å²) in [4.78, 5) is 24.6. The Morgan fingerprint density at radius 3 is 2.94 bits per heavy atom. The van der Waals surface area contributed by atoms with Gasteiger partial charge < -0.3 is 10.0 Å². The number of carboxylic acid groups (broad SMARTS) is 1. The zero-order valence-electron chi connectivity index (χ0n) is 9.33. The molecule has 4 nitrogen and oxygen atoms in total. The molecule has 6 heteroatoms.